The lowest BCUT2D eigenvalue weighted by atomic mass is 10.2. The zero-order valence-corrected chi connectivity index (χ0v) is 14.1. The number of halogens is 2. The van der Waals surface area contributed by atoms with Gasteiger partial charge in [0.15, 0.2) is 5.75 Å². The molecule has 0 saturated heterocycles. The lowest BCUT2D eigenvalue weighted by Crippen LogP contribution is -2.10. The molecule has 0 unspecified atom stereocenters. The van der Waals surface area contributed by atoms with Gasteiger partial charge < -0.3 is 9.47 Å². The van der Waals surface area contributed by atoms with Gasteiger partial charge in [0.25, 0.3) is 11.2 Å². The molecule has 3 aromatic rings. The summed E-state index contributed by atoms with van der Waals surface area (Å²) in [6.45, 7) is 0. The molecule has 0 saturated carbocycles. The molecule has 0 bridgehead atoms. The molecule has 0 aliphatic carbocycles. The van der Waals surface area contributed by atoms with E-state index in [-0.39, 0.29) is 32.7 Å². The van der Waals surface area contributed by atoms with Gasteiger partial charge in [0.05, 0.1) is 32.9 Å². The Balaban J connectivity index is 2.15. The van der Waals surface area contributed by atoms with Crippen molar-refractivity contribution in [2.75, 3.05) is 7.11 Å². The van der Waals surface area contributed by atoms with E-state index >= 15 is 0 Å². The van der Waals surface area contributed by atoms with Gasteiger partial charge >= 0.3 is 0 Å². The van der Waals surface area contributed by atoms with Crippen LogP contribution in [0.4, 0.5) is 5.69 Å². The van der Waals surface area contributed by atoms with Crippen molar-refractivity contribution in [2.45, 2.75) is 0 Å². The molecular formula is C15H9Cl2N3O5. The Hall–Kier alpha value is -2.84. The molecule has 2 aromatic carbocycles. The van der Waals surface area contributed by atoms with Crippen molar-refractivity contribution in [2.24, 2.45) is 0 Å². The van der Waals surface area contributed by atoms with Crippen LogP contribution in [0, 0.1) is 10.1 Å². The van der Waals surface area contributed by atoms with Crippen LogP contribution in [0.2, 0.25) is 10.0 Å². The average molecular weight is 382 g/mol. The fraction of sp³-hybridized carbons (Fsp3) is 0.0667. The molecule has 0 spiro atoms. The maximum atomic E-state index is 12.0. The van der Waals surface area contributed by atoms with Crippen LogP contribution >= 0.6 is 23.2 Å². The fourth-order valence-electron chi connectivity index (χ4n) is 2.26. The normalized spacial score (nSPS) is 10.7. The van der Waals surface area contributed by atoms with Gasteiger partial charge in [-0.05, 0) is 12.1 Å². The van der Waals surface area contributed by atoms with Crippen LogP contribution in [0.25, 0.3) is 10.8 Å². The second kappa shape index (κ2) is 6.58. The van der Waals surface area contributed by atoms with Crippen molar-refractivity contribution in [3.63, 3.8) is 0 Å². The highest BCUT2D eigenvalue weighted by molar-refractivity contribution is 6.37. The van der Waals surface area contributed by atoms with Gasteiger partial charge in [-0.1, -0.05) is 29.3 Å². The quantitative estimate of drug-likeness (QED) is 0.541. The maximum Gasteiger partial charge on any atom is 0.276 e. The number of nitro benzene ring substituents is 1. The summed E-state index contributed by atoms with van der Waals surface area (Å²) in [5.74, 6) is 0.343. The monoisotopic (exact) mass is 381 g/mol. The lowest BCUT2D eigenvalue weighted by Gasteiger charge is -2.11. The number of H-pyrrole nitrogens is 1. The summed E-state index contributed by atoms with van der Waals surface area (Å²) in [7, 11) is 1.43. The van der Waals surface area contributed by atoms with Crippen LogP contribution in [0.1, 0.15) is 0 Å². The van der Waals surface area contributed by atoms with Gasteiger partial charge in [-0.15, -0.1) is 5.10 Å². The van der Waals surface area contributed by atoms with E-state index in [1.165, 1.54) is 7.11 Å². The maximum absolute atomic E-state index is 12.0. The van der Waals surface area contributed by atoms with Crippen molar-refractivity contribution in [1.82, 2.24) is 10.2 Å². The van der Waals surface area contributed by atoms with Gasteiger partial charge in [-0.25, -0.2) is 5.10 Å². The zero-order chi connectivity index (χ0) is 18.1. The van der Waals surface area contributed by atoms with Crippen LogP contribution < -0.4 is 15.0 Å². The smallest absolute Gasteiger partial charge is 0.276 e. The highest BCUT2D eigenvalue weighted by atomic mass is 35.5. The van der Waals surface area contributed by atoms with Crippen molar-refractivity contribution < 1.29 is 14.4 Å². The number of non-ortho nitro benzene ring substituents is 1. The SMILES string of the molecule is COc1cccc2c(Oc3c(Cl)cc([N+](=O)[O-])cc3Cl)n[nH]c(=O)c12. The lowest BCUT2D eigenvalue weighted by molar-refractivity contribution is -0.384. The number of aromatic nitrogens is 2. The van der Waals surface area contributed by atoms with E-state index in [4.69, 9.17) is 32.7 Å². The number of methoxy groups -OCH3 is 1. The number of hydrogen-bond donors (Lipinski definition) is 1. The summed E-state index contributed by atoms with van der Waals surface area (Å²) in [6, 6.07) is 7.11. The first-order valence-electron chi connectivity index (χ1n) is 6.79. The van der Waals surface area contributed by atoms with E-state index in [9.17, 15) is 14.9 Å². The molecule has 128 valence electrons. The summed E-state index contributed by atoms with van der Waals surface area (Å²) in [5, 5.41) is 17.5. The van der Waals surface area contributed by atoms with E-state index < -0.39 is 10.5 Å². The number of hydrogen-bond acceptors (Lipinski definition) is 6. The van der Waals surface area contributed by atoms with Crippen molar-refractivity contribution in [3.05, 3.63) is 60.8 Å². The fourth-order valence-corrected chi connectivity index (χ4v) is 2.81. The van der Waals surface area contributed by atoms with E-state index in [1.807, 2.05) is 0 Å². The number of nitro groups is 1. The van der Waals surface area contributed by atoms with E-state index in [0.717, 1.165) is 12.1 Å². The van der Waals surface area contributed by atoms with Crippen molar-refractivity contribution in [1.29, 1.82) is 0 Å². The molecule has 1 N–H and O–H groups in total. The standard InChI is InChI=1S/C15H9Cl2N3O5/c1-24-11-4-2-3-8-12(11)14(21)18-19-15(8)25-13-9(16)5-7(20(22)23)6-10(13)17/h2-6H,1H3,(H,18,21). The van der Waals surface area contributed by atoms with E-state index in [1.54, 1.807) is 18.2 Å². The first-order valence-corrected chi connectivity index (χ1v) is 7.54. The molecule has 0 radical (unpaired) electrons. The Morgan fingerprint density at radius 2 is 1.92 bits per heavy atom. The molecule has 0 amide bonds. The summed E-state index contributed by atoms with van der Waals surface area (Å²) in [4.78, 5) is 22.3. The Labute approximate surface area is 150 Å². The van der Waals surface area contributed by atoms with Gasteiger partial charge in [0.1, 0.15) is 5.75 Å². The minimum Gasteiger partial charge on any atom is -0.496 e. The number of fused-ring (bicyclic) bond motifs is 1. The van der Waals surface area contributed by atoms with Gasteiger partial charge in [-0.2, -0.15) is 0 Å². The van der Waals surface area contributed by atoms with Crippen LogP contribution in [0.3, 0.4) is 0 Å². The molecule has 3 rings (SSSR count). The number of rotatable bonds is 4. The topological polar surface area (TPSA) is 107 Å². The molecule has 0 aliphatic rings. The first kappa shape index (κ1) is 17.0. The summed E-state index contributed by atoms with van der Waals surface area (Å²) < 4.78 is 10.8. The number of ether oxygens (including phenoxy) is 2. The highest BCUT2D eigenvalue weighted by Crippen LogP contribution is 2.40. The van der Waals surface area contributed by atoms with Crippen LogP contribution in [-0.4, -0.2) is 22.2 Å². The third kappa shape index (κ3) is 3.09. The third-order valence-electron chi connectivity index (χ3n) is 3.36. The second-order valence-electron chi connectivity index (χ2n) is 4.84. The van der Waals surface area contributed by atoms with Crippen LogP contribution in [-0.2, 0) is 0 Å². The average Bonchev–Trinajstić information content (AvgIpc) is 2.59. The highest BCUT2D eigenvalue weighted by Gasteiger charge is 2.19. The Morgan fingerprint density at radius 1 is 1.24 bits per heavy atom. The Morgan fingerprint density at radius 3 is 2.52 bits per heavy atom. The molecule has 10 heteroatoms. The predicted molar refractivity (Wildman–Crippen MR) is 92.1 cm³/mol. The third-order valence-corrected chi connectivity index (χ3v) is 3.92. The second-order valence-corrected chi connectivity index (χ2v) is 5.65. The molecule has 8 nitrogen and oxygen atoms in total. The van der Waals surface area contributed by atoms with E-state index in [0.29, 0.717) is 11.1 Å². The number of nitrogens with zero attached hydrogens (tertiary/aromatic N) is 2. The largest absolute Gasteiger partial charge is 0.496 e. The summed E-state index contributed by atoms with van der Waals surface area (Å²) in [6.07, 6.45) is 0. The molecule has 25 heavy (non-hydrogen) atoms. The molecule has 0 atom stereocenters. The minimum atomic E-state index is -0.625. The molecule has 1 heterocycles. The molecule has 0 fully saturated rings. The molecule has 0 aliphatic heterocycles. The zero-order valence-electron chi connectivity index (χ0n) is 12.6. The number of benzene rings is 2. The summed E-state index contributed by atoms with van der Waals surface area (Å²) in [5.41, 5.74) is -0.732. The summed E-state index contributed by atoms with van der Waals surface area (Å²) >= 11 is 12.1. The first-order chi connectivity index (χ1) is 11.9. The van der Waals surface area contributed by atoms with Gasteiger partial charge in [-0.3, -0.25) is 14.9 Å². The Bertz CT molecular complexity index is 1030. The van der Waals surface area contributed by atoms with Gasteiger partial charge in [0, 0.05) is 12.1 Å². The van der Waals surface area contributed by atoms with Crippen molar-refractivity contribution in [3.8, 4) is 17.4 Å². The van der Waals surface area contributed by atoms with Gasteiger partial charge in [0.2, 0.25) is 5.88 Å². The Kier molecular flexibility index (Phi) is 4.47. The molecule has 1 aromatic heterocycles. The van der Waals surface area contributed by atoms with E-state index in [2.05, 4.69) is 10.2 Å². The molecular weight excluding hydrogens is 373 g/mol. The van der Waals surface area contributed by atoms with Crippen LogP contribution in [0.15, 0.2) is 35.1 Å². The number of aromatic amines is 1. The minimum absolute atomic E-state index is 0.0161. The predicted octanol–water partition coefficient (Wildman–Crippen LogP) is 3.94. The van der Waals surface area contributed by atoms with Crippen LogP contribution in [0.5, 0.6) is 17.4 Å². The van der Waals surface area contributed by atoms with Crippen molar-refractivity contribution >= 4 is 39.7 Å². The number of nitrogens with one attached hydrogen (secondary N) is 1.